The molecule has 0 bridgehead atoms. The molecule has 3 rings (SSSR count). The van der Waals surface area contributed by atoms with E-state index < -0.39 is 10.0 Å². The summed E-state index contributed by atoms with van der Waals surface area (Å²) in [7, 11) is -2.12. The van der Waals surface area contributed by atoms with E-state index >= 15 is 0 Å². The van der Waals surface area contributed by atoms with E-state index in [0.29, 0.717) is 17.7 Å². The fourth-order valence-electron chi connectivity index (χ4n) is 2.87. The van der Waals surface area contributed by atoms with Gasteiger partial charge in [-0.3, -0.25) is 4.79 Å². The van der Waals surface area contributed by atoms with Crippen LogP contribution in [-0.2, 0) is 16.4 Å². The van der Waals surface area contributed by atoms with Crippen LogP contribution in [0.15, 0.2) is 52.2 Å². The van der Waals surface area contributed by atoms with Gasteiger partial charge >= 0.3 is 0 Å². The molecule has 1 heterocycles. The first-order valence-electron chi connectivity index (χ1n) is 8.57. The van der Waals surface area contributed by atoms with Crippen LogP contribution in [0.25, 0.3) is 10.9 Å². The number of aromatic nitrogens is 1. The Hall–Kier alpha value is -2.64. The molecule has 2 N–H and O–H groups in total. The molecule has 0 saturated carbocycles. The number of hydrogen-bond acceptors (Lipinski definition) is 4. The monoisotopic (exact) mass is 386 g/mol. The highest BCUT2D eigenvalue weighted by atomic mass is 32.2. The lowest BCUT2D eigenvalue weighted by Crippen LogP contribution is -2.27. The smallest absolute Gasteiger partial charge is 0.251 e. The molecule has 2 aromatic carbocycles. The predicted octanol–water partition coefficient (Wildman–Crippen LogP) is 2.67. The SMILES string of the molecule is COc1ccc(S(=O)(=O)NCCc2cc3cc(C)c(C)cc3[nH]c2=O)cc1. The summed E-state index contributed by atoms with van der Waals surface area (Å²) < 4.78 is 32.3. The van der Waals surface area contributed by atoms with E-state index in [4.69, 9.17) is 4.74 Å². The molecule has 0 fully saturated rings. The highest BCUT2D eigenvalue weighted by Gasteiger charge is 2.14. The lowest BCUT2D eigenvalue weighted by Gasteiger charge is -2.09. The number of benzene rings is 2. The Bertz CT molecular complexity index is 1130. The number of pyridine rings is 1. The topological polar surface area (TPSA) is 88.3 Å². The van der Waals surface area contributed by atoms with Gasteiger partial charge in [-0.05, 0) is 79.2 Å². The van der Waals surface area contributed by atoms with Crippen molar-refractivity contribution in [3.8, 4) is 5.75 Å². The Morgan fingerprint density at radius 3 is 2.37 bits per heavy atom. The Morgan fingerprint density at radius 2 is 1.70 bits per heavy atom. The van der Waals surface area contributed by atoms with E-state index in [1.54, 1.807) is 12.1 Å². The molecule has 142 valence electrons. The van der Waals surface area contributed by atoms with Crippen molar-refractivity contribution in [2.24, 2.45) is 0 Å². The summed E-state index contributed by atoms with van der Waals surface area (Å²) in [6, 6.07) is 11.9. The van der Waals surface area contributed by atoms with Crippen LogP contribution >= 0.6 is 0 Å². The largest absolute Gasteiger partial charge is 0.497 e. The van der Waals surface area contributed by atoms with Crippen molar-refractivity contribution in [3.05, 3.63) is 69.5 Å². The van der Waals surface area contributed by atoms with Gasteiger partial charge in [0, 0.05) is 17.6 Å². The van der Waals surface area contributed by atoms with E-state index in [9.17, 15) is 13.2 Å². The van der Waals surface area contributed by atoms with Gasteiger partial charge in [-0.15, -0.1) is 0 Å². The number of H-pyrrole nitrogens is 1. The fraction of sp³-hybridized carbons (Fsp3) is 0.250. The third kappa shape index (κ3) is 4.20. The summed E-state index contributed by atoms with van der Waals surface area (Å²) in [6.45, 7) is 4.14. The van der Waals surface area contributed by atoms with Crippen LogP contribution in [0.3, 0.4) is 0 Å². The standard InChI is InChI=1S/C20H22N2O4S/c1-13-10-16-12-15(20(23)22-19(16)11-14(13)2)8-9-21-27(24,25)18-6-4-17(26-3)5-7-18/h4-7,10-12,21H,8-9H2,1-3H3,(H,22,23). The fourth-order valence-corrected chi connectivity index (χ4v) is 3.90. The molecule has 0 aliphatic rings. The maximum absolute atomic E-state index is 12.4. The summed E-state index contributed by atoms with van der Waals surface area (Å²) in [4.78, 5) is 15.3. The van der Waals surface area contributed by atoms with Crippen molar-refractivity contribution in [1.82, 2.24) is 9.71 Å². The summed E-state index contributed by atoms with van der Waals surface area (Å²) in [5.74, 6) is 0.585. The zero-order chi connectivity index (χ0) is 19.6. The second-order valence-corrected chi connectivity index (χ2v) is 8.24. The first-order valence-corrected chi connectivity index (χ1v) is 10.1. The van der Waals surface area contributed by atoms with Gasteiger partial charge in [-0.2, -0.15) is 0 Å². The maximum atomic E-state index is 12.4. The number of sulfonamides is 1. The minimum atomic E-state index is -3.64. The van der Waals surface area contributed by atoms with Crippen molar-refractivity contribution in [2.45, 2.75) is 25.2 Å². The van der Waals surface area contributed by atoms with Gasteiger partial charge in [-0.25, -0.2) is 13.1 Å². The number of rotatable bonds is 6. The zero-order valence-corrected chi connectivity index (χ0v) is 16.3. The van der Waals surface area contributed by atoms with Crippen LogP contribution in [0.4, 0.5) is 0 Å². The van der Waals surface area contributed by atoms with Gasteiger partial charge in [0.2, 0.25) is 10.0 Å². The van der Waals surface area contributed by atoms with E-state index in [1.165, 1.54) is 19.2 Å². The molecular formula is C20H22N2O4S. The van der Waals surface area contributed by atoms with E-state index in [2.05, 4.69) is 9.71 Å². The van der Waals surface area contributed by atoms with Crippen LogP contribution in [0, 0.1) is 13.8 Å². The number of hydrogen-bond donors (Lipinski definition) is 2. The molecule has 0 spiro atoms. The highest BCUT2D eigenvalue weighted by molar-refractivity contribution is 7.89. The third-order valence-electron chi connectivity index (χ3n) is 4.59. The van der Waals surface area contributed by atoms with E-state index in [1.807, 2.05) is 32.0 Å². The van der Waals surface area contributed by atoms with Crippen LogP contribution in [-0.4, -0.2) is 27.1 Å². The van der Waals surface area contributed by atoms with Gasteiger partial charge in [0.15, 0.2) is 0 Å². The molecule has 0 aliphatic heterocycles. The Morgan fingerprint density at radius 1 is 1.04 bits per heavy atom. The van der Waals surface area contributed by atoms with Gasteiger partial charge in [0.05, 0.1) is 12.0 Å². The minimum absolute atomic E-state index is 0.133. The summed E-state index contributed by atoms with van der Waals surface area (Å²) >= 11 is 0. The Kier molecular flexibility index (Phi) is 5.34. The summed E-state index contributed by atoms with van der Waals surface area (Å²) in [5, 5.41) is 0.936. The number of nitrogens with one attached hydrogen (secondary N) is 2. The Balaban J connectivity index is 1.75. The molecule has 0 amide bonds. The molecule has 0 unspecified atom stereocenters. The number of ether oxygens (including phenoxy) is 1. The lowest BCUT2D eigenvalue weighted by atomic mass is 10.0. The van der Waals surface area contributed by atoms with Crippen molar-refractivity contribution >= 4 is 20.9 Å². The second-order valence-electron chi connectivity index (χ2n) is 6.47. The molecule has 27 heavy (non-hydrogen) atoms. The first kappa shape index (κ1) is 19.1. The molecule has 6 nitrogen and oxygen atoms in total. The third-order valence-corrected chi connectivity index (χ3v) is 6.07. The van der Waals surface area contributed by atoms with Gasteiger partial charge in [0.1, 0.15) is 5.75 Å². The molecule has 3 aromatic rings. The van der Waals surface area contributed by atoms with Crippen molar-refractivity contribution in [3.63, 3.8) is 0 Å². The number of aromatic amines is 1. The van der Waals surface area contributed by atoms with Gasteiger partial charge in [-0.1, -0.05) is 0 Å². The molecule has 0 aliphatic carbocycles. The Labute approximate surface area is 158 Å². The first-order chi connectivity index (χ1) is 12.8. The summed E-state index contributed by atoms with van der Waals surface area (Å²) in [5.41, 5.74) is 3.38. The molecule has 7 heteroatoms. The summed E-state index contributed by atoms with van der Waals surface area (Å²) in [6.07, 6.45) is 0.299. The zero-order valence-electron chi connectivity index (χ0n) is 15.5. The minimum Gasteiger partial charge on any atom is -0.497 e. The molecule has 1 aromatic heterocycles. The van der Waals surface area contributed by atoms with Crippen LogP contribution in [0.5, 0.6) is 5.75 Å². The normalized spacial score (nSPS) is 11.7. The lowest BCUT2D eigenvalue weighted by molar-refractivity contribution is 0.414. The number of aryl methyl sites for hydroxylation is 2. The van der Waals surface area contributed by atoms with Crippen molar-refractivity contribution < 1.29 is 13.2 Å². The average Bonchev–Trinajstić information content (AvgIpc) is 2.64. The maximum Gasteiger partial charge on any atom is 0.251 e. The molecule has 0 atom stereocenters. The quantitative estimate of drug-likeness (QED) is 0.682. The highest BCUT2D eigenvalue weighted by Crippen LogP contribution is 2.18. The molecular weight excluding hydrogens is 364 g/mol. The van der Waals surface area contributed by atoms with Gasteiger partial charge < -0.3 is 9.72 Å². The average molecular weight is 386 g/mol. The van der Waals surface area contributed by atoms with E-state index in [0.717, 1.165) is 22.0 Å². The van der Waals surface area contributed by atoms with E-state index in [-0.39, 0.29) is 17.0 Å². The van der Waals surface area contributed by atoms with Crippen LogP contribution < -0.4 is 15.0 Å². The molecule has 0 saturated heterocycles. The number of methoxy groups -OCH3 is 1. The van der Waals surface area contributed by atoms with Crippen molar-refractivity contribution in [2.75, 3.05) is 13.7 Å². The van der Waals surface area contributed by atoms with Crippen LogP contribution in [0.1, 0.15) is 16.7 Å². The van der Waals surface area contributed by atoms with Gasteiger partial charge in [0.25, 0.3) is 5.56 Å². The number of fused-ring (bicyclic) bond motifs is 1. The van der Waals surface area contributed by atoms with Crippen LogP contribution in [0.2, 0.25) is 0 Å². The second kappa shape index (κ2) is 7.54. The van der Waals surface area contributed by atoms with Crippen molar-refractivity contribution in [1.29, 1.82) is 0 Å². The molecule has 0 radical (unpaired) electrons. The predicted molar refractivity (Wildman–Crippen MR) is 106 cm³/mol.